The summed E-state index contributed by atoms with van der Waals surface area (Å²) in [6.07, 6.45) is 0.709. The maximum absolute atomic E-state index is 14.0. The maximum atomic E-state index is 14.0. The number of halogens is 2. The predicted octanol–water partition coefficient (Wildman–Crippen LogP) is 4.81. The molecule has 0 aromatic heterocycles. The van der Waals surface area contributed by atoms with E-state index in [4.69, 9.17) is 16.3 Å². The highest BCUT2D eigenvalue weighted by atomic mass is 35.5. The molecule has 0 bridgehead atoms. The largest absolute Gasteiger partial charge is 0.496 e. The van der Waals surface area contributed by atoms with Crippen molar-refractivity contribution in [2.75, 3.05) is 26.0 Å². The van der Waals surface area contributed by atoms with Gasteiger partial charge < -0.3 is 9.64 Å². The summed E-state index contributed by atoms with van der Waals surface area (Å²) in [5, 5.41) is 0.554. The fourth-order valence-corrected chi connectivity index (χ4v) is 4.40. The molecule has 1 aliphatic heterocycles. The van der Waals surface area contributed by atoms with Gasteiger partial charge in [-0.2, -0.15) is 11.8 Å². The Morgan fingerprint density at radius 2 is 2.08 bits per heavy atom. The van der Waals surface area contributed by atoms with Crippen LogP contribution >= 0.6 is 23.4 Å². The van der Waals surface area contributed by atoms with Crippen LogP contribution in [0.2, 0.25) is 5.02 Å². The lowest BCUT2D eigenvalue weighted by Gasteiger charge is -2.21. The zero-order valence-electron chi connectivity index (χ0n) is 13.9. The summed E-state index contributed by atoms with van der Waals surface area (Å²) in [6.45, 7) is 1.19. The van der Waals surface area contributed by atoms with Gasteiger partial charge in [0.15, 0.2) is 0 Å². The van der Waals surface area contributed by atoms with Gasteiger partial charge in [0.05, 0.1) is 12.7 Å². The molecule has 2 aromatic rings. The van der Waals surface area contributed by atoms with Crippen molar-refractivity contribution >= 4 is 29.3 Å². The van der Waals surface area contributed by atoms with E-state index in [0.29, 0.717) is 41.4 Å². The van der Waals surface area contributed by atoms with E-state index in [9.17, 15) is 9.18 Å². The summed E-state index contributed by atoms with van der Waals surface area (Å²) in [4.78, 5) is 14.7. The highest BCUT2D eigenvalue weighted by Crippen LogP contribution is 2.36. The lowest BCUT2D eigenvalue weighted by atomic mass is 10.1. The predicted molar refractivity (Wildman–Crippen MR) is 100 cm³/mol. The Bertz CT molecular complexity index is 771. The van der Waals surface area contributed by atoms with Gasteiger partial charge in [0.25, 0.3) is 5.91 Å². The van der Waals surface area contributed by atoms with Gasteiger partial charge in [-0.1, -0.05) is 29.8 Å². The van der Waals surface area contributed by atoms with Crippen molar-refractivity contribution < 1.29 is 13.9 Å². The Kier molecular flexibility index (Phi) is 5.86. The Hall–Kier alpha value is -1.72. The van der Waals surface area contributed by atoms with Crippen molar-refractivity contribution in [3.8, 4) is 5.75 Å². The van der Waals surface area contributed by atoms with Crippen LogP contribution in [0.3, 0.4) is 0 Å². The first-order valence-electron chi connectivity index (χ1n) is 8.09. The lowest BCUT2D eigenvalue weighted by Crippen LogP contribution is -2.33. The molecule has 1 saturated heterocycles. The van der Waals surface area contributed by atoms with Crippen LogP contribution in [0.25, 0.3) is 0 Å². The molecule has 0 unspecified atom stereocenters. The molecule has 0 spiro atoms. The van der Waals surface area contributed by atoms with Crippen LogP contribution in [0, 0.1) is 5.82 Å². The van der Waals surface area contributed by atoms with E-state index < -0.39 is 0 Å². The number of hydrogen-bond donors (Lipinski definition) is 0. The monoisotopic (exact) mass is 379 g/mol. The molecule has 0 aliphatic carbocycles. The third-order valence-electron chi connectivity index (χ3n) is 4.27. The SMILES string of the molecule is COc1ccc(Cl)cc1C(=O)N1CCS[C@@H](c2ccccc2F)CC1. The molecule has 1 aliphatic rings. The summed E-state index contributed by atoms with van der Waals surface area (Å²) in [5.41, 5.74) is 1.17. The summed E-state index contributed by atoms with van der Waals surface area (Å²) >= 11 is 7.73. The summed E-state index contributed by atoms with van der Waals surface area (Å²) in [6, 6.07) is 11.9. The molecule has 6 heteroatoms. The molecule has 1 atom stereocenters. The summed E-state index contributed by atoms with van der Waals surface area (Å²) in [7, 11) is 1.53. The number of methoxy groups -OCH3 is 1. The van der Waals surface area contributed by atoms with Gasteiger partial charge >= 0.3 is 0 Å². The number of carbonyl (C=O) groups is 1. The Morgan fingerprint density at radius 1 is 1.28 bits per heavy atom. The summed E-state index contributed by atoms with van der Waals surface area (Å²) < 4.78 is 19.3. The number of benzene rings is 2. The fourth-order valence-electron chi connectivity index (χ4n) is 2.98. The van der Waals surface area contributed by atoms with Gasteiger partial charge in [0.2, 0.25) is 0 Å². The second kappa shape index (κ2) is 8.11. The number of carbonyl (C=O) groups excluding carboxylic acids is 1. The van der Waals surface area contributed by atoms with E-state index in [0.717, 1.165) is 5.75 Å². The molecule has 0 N–H and O–H groups in total. The van der Waals surface area contributed by atoms with Gasteiger partial charge in [-0.15, -0.1) is 0 Å². The van der Waals surface area contributed by atoms with E-state index in [-0.39, 0.29) is 17.0 Å². The number of nitrogens with zero attached hydrogens (tertiary/aromatic N) is 1. The maximum Gasteiger partial charge on any atom is 0.257 e. The van der Waals surface area contributed by atoms with Crippen LogP contribution in [0.4, 0.5) is 4.39 Å². The first-order chi connectivity index (χ1) is 12.1. The molecule has 0 radical (unpaired) electrons. The molecule has 132 valence electrons. The first-order valence-corrected chi connectivity index (χ1v) is 9.51. The van der Waals surface area contributed by atoms with Gasteiger partial charge in [0, 0.05) is 34.7 Å². The van der Waals surface area contributed by atoms with Gasteiger partial charge in [-0.25, -0.2) is 4.39 Å². The van der Waals surface area contributed by atoms with Crippen LogP contribution in [0.15, 0.2) is 42.5 Å². The number of amides is 1. The second-order valence-corrected chi connectivity index (χ2v) is 7.55. The molecule has 25 heavy (non-hydrogen) atoms. The van der Waals surface area contributed by atoms with Crippen LogP contribution < -0.4 is 4.74 Å². The molecule has 2 aromatic carbocycles. The third-order valence-corrected chi connectivity index (χ3v) is 5.82. The molecule has 1 heterocycles. The van der Waals surface area contributed by atoms with E-state index in [1.54, 1.807) is 40.9 Å². The molecular formula is C19H19ClFNO2S. The normalized spacial score (nSPS) is 17.9. The molecule has 1 fully saturated rings. The molecule has 0 saturated carbocycles. The zero-order chi connectivity index (χ0) is 17.8. The van der Waals surface area contributed by atoms with E-state index in [2.05, 4.69) is 0 Å². The van der Waals surface area contributed by atoms with E-state index in [1.165, 1.54) is 13.2 Å². The van der Waals surface area contributed by atoms with Crippen LogP contribution in [-0.2, 0) is 0 Å². The molecule has 3 rings (SSSR count). The van der Waals surface area contributed by atoms with Gasteiger partial charge in [0.1, 0.15) is 11.6 Å². The first kappa shape index (κ1) is 18.1. The smallest absolute Gasteiger partial charge is 0.257 e. The fraction of sp³-hybridized carbons (Fsp3) is 0.316. The van der Waals surface area contributed by atoms with Crippen LogP contribution in [0.1, 0.15) is 27.6 Å². The van der Waals surface area contributed by atoms with Crippen molar-refractivity contribution in [1.82, 2.24) is 4.90 Å². The zero-order valence-corrected chi connectivity index (χ0v) is 15.4. The lowest BCUT2D eigenvalue weighted by molar-refractivity contribution is 0.0763. The second-order valence-electron chi connectivity index (χ2n) is 5.81. The van der Waals surface area contributed by atoms with Crippen molar-refractivity contribution in [2.45, 2.75) is 11.7 Å². The molecule has 1 amide bonds. The van der Waals surface area contributed by atoms with Crippen LogP contribution in [0.5, 0.6) is 5.75 Å². The van der Waals surface area contributed by atoms with E-state index in [1.807, 2.05) is 12.1 Å². The topological polar surface area (TPSA) is 29.5 Å². The number of hydrogen-bond acceptors (Lipinski definition) is 3. The van der Waals surface area contributed by atoms with Crippen LogP contribution in [-0.4, -0.2) is 36.8 Å². The molecular weight excluding hydrogens is 361 g/mol. The van der Waals surface area contributed by atoms with Crippen molar-refractivity contribution in [3.63, 3.8) is 0 Å². The van der Waals surface area contributed by atoms with Gasteiger partial charge in [-0.3, -0.25) is 4.79 Å². The highest BCUT2D eigenvalue weighted by Gasteiger charge is 2.26. The quantitative estimate of drug-likeness (QED) is 0.766. The minimum absolute atomic E-state index is 0.0558. The van der Waals surface area contributed by atoms with E-state index >= 15 is 0 Å². The van der Waals surface area contributed by atoms with Crippen molar-refractivity contribution in [3.05, 3.63) is 64.4 Å². The van der Waals surface area contributed by atoms with Crippen molar-refractivity contribution in [1.29, 1.82) is 0 Å². The van der Waals surface area contributed by atoms with Gasteiger partial charge in [-0.05, 0) is 30.7 Å². The average molecular weight is 380 g/mol. The molecule has 3 nitrogen and oxygen atoms in total. The summed E-state index contributed by atoms with van der Waals surface area (Å²) in [5.74, 6) is 0.982. The third kappa shape index (κ3) is 4.10. The minimum atomic E-state index is -0.184. The minimum Gasteiger partial charge on any atom is -0.496 e. The Balaban J connectivity index is 1.76. The Labute approximate surface area is 156 Å². The highest BCUT2D eigenvalue weighted by molar-refractivity contribution is 7.99. The number of rotatable bonds is 3. The number of ether oxygens (including phenoxy) is 1. The van der Waals surface area contributed by atoms with Crippen molar-refractivity contribution in [2.24, 2.45) is 0 Å². The average Bonchev–Trinajstić information content (AvgIpc) is 2.87. The number of thioether (sulfide) groups is 1. The Morgan fingerprint density at radius 3 is 2.84 bits per heavy atom. The standard InChI is InChI=1S/C19H19ClFNO2S/c1-24-17-7-6-13(20)12-15(17)19(23)22-9-8-18(25-11-10-22)14-4-2-3-5-16(14)21/h2-7,12,18H,8-11H2,1H3/t18-/m1/s1.